The Morgan fingerprint density at radius 2 is 1.78 bits per heavy atom. The second-order valence-electron chi connectivity index (χ2n) is 12.4. The first-order chi connectivity index (χ1) is 22.1. The van der Waals surface area contributed by atoms with E-state index in [0.29, 0.717) is 29.8 Å². The summed E-state index contributed by atoms with van der Waals surface area (Å²) in [6, 6.07) is 11.6. The molecule has 3 aliphatic rings. The number of rotatable bonds is 6. The van der Waals surface area contributed by atoms with E-state index in [4.69, 9.17) is 5.10 Å². The number of carbonyl (C=O) groups is 1. The number of nitrogens with one attached hydrogen (secondary N) is 2. The van der Waals surface area contributed by atoms with E-state index in [1.165, 1.54) is 32.0 Å². The minimum Gasteiger partial charge on any atom is -0.344 e. The van der Waals surface area contributed by atoms with Crippen LogP contribution in [0.2, 0.25) is 0 Å². The summed E-state index contributed by atoms with van der Waals surface area (Å²) in [7, 11) is 0. The molecule has 1 amide bonds. The van der Waals surface area contributed by atoms with Crippen molar-refractivity contribution >= 4 is 28.2 Å². The lowest BCUT2D eigenvalue weighted by Crippen LogP contribution is -2.43. The van der Waals surface area contributed by atoms with Gasteiger partial charge in [-0.25, -0.2) is 9.07 Å². The molecule has 0 bridgehead atoms. The van der Waals surface area contributed by atoms with E-state index in [9.17, 15) is 22.4 Å². The van der Waals surface area contributed by atoms with Crippen LogP contribution in [0.5, 0.6) is 0 Å². The van der Waals surface area contributed by atoms with E-state index in [2.05, 4.69) is 25.4 Å². The third-order valence-corrected chi connectivity index (χ3v) is 9.38. The minimum absolute atomic E-state index is 0.184. The number of benzene rings is 2. The van der Waals surface area contributed by atoms with Crippen molar-refractivity contribution in [3.8, 4) is 0 Å². The zero-order valence-corrected chi connectivity index (χ0v) is 25.4. The number of anilines is 2. The lowest BCUT2D eigenvalue weighted by molar-refractivity contribution is -0.140. The molecule has 2 N–H and O–H groups in total. The number of nitrogens with zero attached hydrogens (tertiary/aromatic N) is 5. The Bertz CT molecular complexity index is 1800. The summed E-state index contributed by atoms with van der Waals surface area (Å²) in [5.74, 6) is -1.30. The molecule has 1 unspecified atom stereocenters. The Hall–Kier alpha value is -4.29. The molecule has 3 aliphatic heterocycles. The Labute approximate surface area is 264 Å². The first-order valence-corrected chi connectivity index (χ1v) is 15.7. The average Bonchev–Trinajstić information content (AvgIpc) is 3.70. The standard InChI is InChI=1S/C34H35F4N7O/c1-21-31(33(46)41-25-6-4-24-19-39-11-8-22(24)16-25)32(23-5-7-28(29(35)17-23)34(36,37)38)45-30(40-21)18-26(42-45)20-43-14-9-27(10-15-43)44-12-2-3-13-44/h4-8,11,16-19,27,32,40H,2-3,9-10,12-15,20H2,1H3,(H,41,46). The maximum Gasteiger partial charge on any atom is 0.419 e. The highest BCUT2D eigenvalue weighted by Gasteiger charge is 2.38. The van der Waals surface area contributed by atoms with Gasteiger partial charge in [-0.1, -0.05) is 12.1 Å². The fraction of sp³-hybridized carbons (Fsp3) is 0.382. The van der Waals surface area contributed by atoms with Gasteiger partial charge in [0.05, 0.1) is 16.8 Å². The lowest BCUT2D eigenvalue weighted by atomic mass is 9.93. The topological polar surface area (TPSA) is 78.3 Å². The average molecular weight is 634 g/mol. The Morgan fingerprint density at radius 1 is 1.00 bits per heavy atom. The molecule has 12 heteroatoms. The molecule has 2 aromatic heterocycles. The Kier molecular flexibility index (Phi) is 8.02. The fourth-order valence-electron chi connectivity index (χ4n) is 7.07. The van der Waals surface area contributed by atoms with Gasteiger partial charge in [0.25, 0.3) is 5.91 Å². The van der Waals surface area contributed by atoms with Crippen LogP contribution in [0.1, 0.15) is 55.5 Å². The van der Waals surface area contributed by atoms with Crippen molar-refractivity contribution < 1.29 is 22.4 Å². The molecule has 1 atom stereocenters. The van der Waals surface area contributed by atoms with E-state index in [1.807, 2.05) is 24.3 Å². The van der Waals surface area contributed by atoms with Gasteiger partial charge in [0, 0.05) is 60.9 Å². The SMILES string of the molecule is CC1=C(C(=O)Nc2ccc3cnccc3c2)C(c2ccc(C(F)(F)F)c(F)c2)n2nc(CN3CCC(N4CCCC4)CC3)cc2N1. The van der Waals surface area contributed by atoms with Gasteiger partial charge in [-0.15, -0.1) is 0 Å². The molecule has 46 heavy (non-hydrogen) atoms. The number of halogens is 4. The van der Waals surface area contributed by atoms with E-state index in [0.717, 1.165) is 54.5 Å². The first-order valence-electron chi connectivity index (χ1n) is 15.7. The zero-order chi connectivity index (χ0) is 32.0. The number of likely N-dealkylation sites (tertiary alicyclic amines) is 2. The molecule has 0 radical (unpaired) electrons. The predicted molar refractivity (Wildman–Crippen MR) is 168 cm³/mol. The normalized spacial score (nSPS) is 19.8. The first kappa shape index (κ1) is 30.4. The van der Waals surface area contributed by atoms with Crippen molar-refractivity contribution in [2.75, 3.05) is 36.8 Å². The van der Waals surface area contributed by atoms with Crippen molar-refractivity contribution in [2.24, 2.45) is 0 Å². The number of allylic oxidation sites excluding steroid dienone is 1. The van der Waals surface area contributed by atoms with Crippen molar-refractivity contribution in [1.29, 1.82) is 0 Å². The van der Waals surface area contributed by atoms with Gasteiger partial charge in [-0.3, -0.25) is 14.7 Å². The van der Waals surface area contributed by atoms with Crippen LogP contribution in [0.3, 0.4) is 0 Å². The molecule has 0 saturated carbocycles. The van der Waals surface area contributed by atoms with Crippen molar-refractivity contribution in [3.05, 3.63) is 94.8 Å². The minimum atomic E-state index is -4.85. The zero-order valence-electron chi connectivity index (χ0n) is 25.4. The highest BCUT2D eigenvalue weighted by Crippen LogP contribution is 2.39. The number of hydrogen-bond acceptors (Lipinski definition) is 6. The summed E-state index contributed by atoms with van der Waals surface area (Å²) in [4.78, 5) is 23.0. The number of carbonyl (C=O) groups excluding carboxylic acids is 1. The number of amides is 1. The third-order valence-electron chi connectivity index (χ3n) is 9.38. The molecule has 240 valence electrons. The van der Waals surface area contributed by atoms with Crippen LogP contribution in [-0.4, -0.2) is 62.7 Å². The highest BCUT2D eigenvalue weighted by atomic mass is 19.4. The number of piperidine rings is 1. The summed E-state index contributed by atoms with van der Waals surface area (Å²) in [6.45, 7) is 6.56. The summed E-state index contributed by atoms with van der Waals surface area (Å²) in [6.07, 6.45) is 3.26. The van der Waals surface area contributed by atoms with Crippen molar-refractivity contribution in [2.45, 2.75) is 57.4 Å². The number of hydrogen-bond donors (Lipinski definition) is 2. The molecule has 7 rings (SSSR count). The van der Waals surface area contributed by atoms with Crippen molar-refractivity contribution in [1.82, 2.24) is 24.6 Å². The Morgan fingerprint density at radius 3 is 2.52 bits per heavy atom. The molecule has 5 heterocycles. The monoisotopic (exact) mass is 633 g/mol. The van der Waals surface area contributed by atoms with E-state index in [-0.39, 0.29) is 11.1 Å². The molecule has 2 fully saturated rings. The summed E-state index contributed by atoms with van der Waals surface area (Å²) in [5, 5.41) is 12.8. The highest BCUT2D eigenvalue weighted by molar-refractivity contribution is 6.06. The van der Waals surface area contributed by atoms with Crippen LogP contribution < -0.4 is 10.6 Å². The van der Waals surface area contributed by atoms with Crippen LogP contribution in [-0.2, 0) is 17.5 Å². The molecule has 8 nitrogen and oxygen atoms in total. The van der Waals surface area contributed by atoms with Gasteiger partial charge in [0.1, 0.15) is 17.7 Å². The quantitative estimate of drug-likeness (QED) is 0.234. The smallest absolute Gasteiger partial charge is 0.344 e. The summed E-state index contributed by atoms with van der Waals surface area (Å²) in [5.41, 5.74) is 0.841. The molecule has 0 aliphatic carbocycles. The maximum absolute atomic E-state index is 15.0. The van der Waals surface area contributed by atoms with Crippen LogP contribution in [0.15, 0.2) is 72.2 Å². The number of pyridine rings is 1. The van der Waals surface area contributed by atoms with Gasteiger partial charge in [-0.2, -0.15) is 18.3 Å². The van der Waals surface area contributed by atoms with Crippen LogP contribution >= 0.6 is 0 Å². The van der Waals surface area contributed by atoms with Crippen LogP contribution in [0, 0.1) is 5.82 Å². The van der Waals surface area contributed by atoms with E-state index >= 15 is 0 Å². The predicted octanol–water partition coefficient (Wildman–Crippen LogP) is 6.58. The maximum atomic E-state index is 15.0. The fourth-order valence-corrected chi connectivity index (χ4v) is 7.07. The number of fused-ring (bicyclic) bond motifs is 2. The van der Waals surface area contributed by atoms with Gasteiger partial charge in [0.2, 0.25) is 0 Å². The van der Waals surface area contributed by atoms with Gasteiger partial charge in [-0.05, 0) is 87.0 Å². The largest absolute Gasteiger partial charge is 0.419 e. The van der Waals surface area contributed by atoms with E-state index < -0.39 is 29.5 Å². The van der Waals surface area contributed by atoms with Crippen LogP contribution in [0.4, 0.5) is 29.1 Å². The summed E-state index contributed by atoms with van der Waals surface area (Å²) >= 11 is 0. The summed E-state index contributed by atoms with van der Waals surface area (Å²) < 4.78 is 56.9. The van der Waals surface area contributed by atoms with Gasteiger partial charge >= 0.3 is 6.18 Å². The lowest BCUT2D eigenvalue weighted by Gasteiger charge is -2.36. The molecule has 4 aromatic rings. The molecular formula is C34H35F4N7O. The van der Waals surface area contributed by atoms with Gasteiger partial charge in [0.15, 0.2) is 0 Å². The Balaban J connectivity index is 1.19. The molecule has 0 spiro atoms. The number of aromatic nitrogens is 3. The number of alkyl halides is 3. The second kappa shape index (κ2) is 12.1. The third kappa shape index (κ3) is 5.99. The molecule has 2 aromatic carbocycles. The molecular weight excluding hydrogens is 598 g/mol. The molecule has 2 saturated heterocycles. The van der Waals surface area contributed by atoms with Crippen molar-refractivity contribution in [3.63, 3.8) is 0 Å². The van der Waals surface area contributed by atoms with Crippen LogP contribution in [0.25, 0.3) is 10.8 Å². The van der Waals surface area contributed by atoms with E-state index in [1.54, 1.807) is 30.1 Å². The van der Waals surface area contributed by atoms with Gasteiger partial charge < -0.3 is 15.5 Å². The second-order valence-corrected chi connectivity index (χ2v) is 12.4.